The highest BCUT2D eigenvalue weighted by Crippen LogP contribution is 2.33. The zero-order chi connectivity index (χ0) is 27.1. The van der Waals surface area contributed by atoms with E-state index in [-0.39, 0.29) is 0 Å². The van der Waals surface area contributed by atoms with Crippen molar-refractivity contribution in [3.8, 4) is 39.9 Å². The summed E-state index contributed by atoms with van der Waals surface area (Å²) in [5.41, 5.74) is 7.27. The van der Waals surface area contributed by atoms with Gasteiger partial charge in [-0.2, -0.15) is 0 Å². The van der Waals surface area contributed by atoms with Gasteiger partial charge in [-0.05, 0) is 57.4 Å². The Morgan fingerprint density at radius 2 is 1.18 bits per heavy atom. The first-order valence-electron chi connectivity index (χ1n) is 13.7. The summed E-state index contributed by atoms with van der Waals surface area (Å²) in [6.45, 7) is 10.5. The maximum absolute atomic E-state index is 10.6. The lowest BCUT2D eigenvalue weighted by Crippen LogP contribution is -2.16. The second kappa shape index (κ2) is 12.8. The van der Waals surface area contributed by atoms with E-state index in [1.807, 2.05) is 24.3 Å². The Balaban J connectivity index is 1.74. The maximum Gasteiger partial charge on any atom is 0.197 e. The SMILES string of the molecule is CCCCCCCC(O)Oc1ccccc1-c1nc(-c2ccc(C)cc2C)nc(-c2ccc(C)cc2C)n1. The fourth-order valence-electron chi connectivity index (χ4n) is 4.75. The molecule has 1 aromatic heterocycles. The van der Waals surface area contributed by atoms with E-state index in [1.165, 1.54) is 30.4 Å². The van der Waals surface area contributed by atoms with Crippen molar-refractivity contribution < 1.29 is 9.84 Å². The molecule has 1 unspecified atom stereocenters. The molecule has 5 heteroatoms. The minimum atomic E-state index is -0.878. The summed E-state index contributed by atoms with van der Waals surface area (Å²) in [5, 5.41) is 10.6. The van der Waals surface area contributed by atoms with Crippen molar-refractivity contribution in [1.82, 2.24) is 15.0 Å². The Morgan fingerprint density at radius 1 is 0.658 bits per heavy atom. The van der Waals surface area contributed by atoms with E-state index in [9.17, 15) is 5.11 Å². The van der Waals surface area contributed by atoms with Gasteiger partial charge in [-0.1, -0.05) is 92.3 Å². The van der Waals surface area contributed by atoms with Crippen molar-refractivity contribution in [3.63, 3.8) is 0 Å². The summed E-state index contributed by atoms with van der Waals surface area (Å²) in [6.07, 6.45) is 5.36. The number of hydrogen-bond acceptors (Lipinski definition) is 5. The molecule has 0 spiro atoms. The monoisotopic (exact) mass is 509 g/mol. The second-order valence-corrected chi connectivity index (χ2v) is 10.2. The van der Waals surface area contributed by atoms with Gasteiger partial charge in [0.1, 0.15) is 5.75 Å². The van der Waals surface area contributed by atoms with Crippen molar-refractivity contribution in [2.24, 2.45) is 0 Å². The summed E-state index contributed by atoms with van der Waals surface area (Å²) in [7, 11) is 0. The number of aromatic nitrogens is 3. The van der Waals surface area contributed by atoms with Crippen LogP contribution in [0.1, 0.15) is 67.7 Å². The minimum absolute atomic E-state index is 0.524. The van der Waals surface area contributed by atoms with Gasteiger partial charge in [0.15, 0.2) is 23.8 Å². The molecular weight excluding hydrogens is 470 g/mol. The van der Waals surface area contributed by atoms with Crippen LogP contribution in [0.4, 0.5) is 0 Å². The number of aryl methyl sites for hydroxylation is 4. The van der Waals surface area contributed by atoms with Crippen molar-refractivity contribution in [1.29, 1.82) is 0 Å². The first-order chi connectivity index (χ1) is 18.4. The van der Waals surface area contributed by atoms with Gasteiger partial charge < -0.3 is 9.84 Å². The van der Waals surface area contributed by atoms with Crippen molar-refractivity contribution in [2.75, 3.05) is 0 Å². The Labute approximate surface area is 227 Å². The van der Waals surface area contributed by atoms with Crippen LogP contribution in [0.3, 0.4) is 0 Å². The number of para-hydroxylation sites is 1. The van der Waals surface area contributed by atoms with Crippen LogP contribution < -0.4 is 4.74 Å². The Hall–Kier alpha value is -3.57. The molecular formula is C33H39N3O2. The number of nitrogens with zero attached hydrogens (tertiary/aromatic N) is 3. The van der Waals surface area contributed by atoms with Gasteiger partial charge in [0.05, 0.1) is 5.56 Å². The highest BCUT2D eigenvalue weighted by atomic mass is 16.6. The number of aliphatic hydroxyl groups is 1. The Bertz CT molecular complexity index is 1310. The van der Waals surface area contributed by atoms with Crippen LogP contribution in [0.5, 0.6) is 5.75 Å². The molecule has 0 radical (unpaired) electrons. The minimum Gasteiger partial charge on any atom is -0.464 e. The molecule has 4 aromatic rings. The topological polar surface area (TPSA) is 68.1 Å². The molecule has 1 N–H and O–H groups in total. The predicted octanol–water partition coefficient (Wildman–Crippen LogP) is 8.16. The van der Waals surface area contributed by atoms with Crippen molar-refractivity contribution >= 4 is 0 Å². The average molecular weight is 510 g/mol. The largest absolute Gasteiger partial charge is 0.464 e. The summed E-state index contributed by atoms with van der Waals surface area (Å²) in [6, 6.07) is 20.2. The van der Waals surface area contributed by atoms with Crippen LogP contribution in [0.15, 0.2) is 60.7 Å². The van der Waals surface area contributed by atoms with E-state index in [1.54, 1.807) is 0 Å². The van der Waals surface area contributed by atoms with Gasteiger partial charge in [0.25, 0.3) is 0 Å². The van der Waals surface area contributed by atoms with Gasteiger partial charge in [-0.15, -0.1) is 0 Å². The molecule has 38 heavy (non-hydrogen) atoms. The summed E-state index contributed by atoms with van der Waals surface area (Å²) >= 11 is 0. The second-order valence-electron chi connectivity index (χ2n) is 10.2. The first-order valence-corrected chi connectivity index (χ1v) is 13.7. The lowest BCUT2D eigenvalue weighted by atomic mass is 10.0. The smallest absolute Gasteiger partial charge is 0.197 e. The third kappa shape index (κ3) is 6.84. The summed E-state index contributed by atoms with van der Waals surface area (Å²) in [4.78, 5) is 14.8. The molecule has 0 amide bonds. The van der Waals surface area contributed by atoms with E-state index in [4.69, 9.17) is 19.7 Å². The highest BCUT2D eigenvalue weighted by molar-refractivity contribution is 5.72. The number of unbranched alkanes of at least 4 members (excludes halogenated alkanes) is 4. The van der Waals surface area contributed by atoms with Crippen molar-refractivity contribution in [3.05, 3.63) is 82.9 Å². The average Bonchev–Trinajstić information content (AvgIpc) is 2.88. The van der Waals surface area contributed by atoms with Crippen LogP contribution in [-0.4, -0.2) is 26.3 Å². The Morgan fingerprint density at radius 3 is 1.74 bits per heavy atom. The normalized spacial score (nSPS) is 11.9. The number of benzene rings is 3. The van der Waals surface area contributed by atoms with Crippen LogP contribution in [0.2, 0.25) is 0 Å². The van der Waals surface area contributed by atoms with Crippen LogP contribution in [0.25, 0.3) is 34.2 Å². The number of aliphatic hydroxyl groups excluding tert-OH is 1. The molecule has 0 bridgehead atoms. The first kappa shape index (κ1) is 27.5. The molecule has 0 aliphatic heterocycles. The molecule has 0 aliphatic carbocycles. The van der Waals surface area contributed by atoms with E-state index in [0.717, 1.165) is 40.7 Å². The Kier molecular flexibility index (Phi) is 9.24. The van der Waals surface area contributed by atoms with Crippen LogP contribution in [-0.2, 0) is 0 Å². The molecule has 1 atom stereocenters. The van der Waals surface area contributed by atoms with Gasteiger partial charge in [0.2, 0.25) is 0 Å². The molecule has 0 fully saturated rings. The third-order valence-corrected chi connectivity index (χ3v) is 6.83. The molecule has 4 rings (SSSR count). The van der Waals surface area contributed by atoms with Gasteiger partial charge in [-0.3, -0.25) is 0 Å². The van der Waals surface area contributed by atoms with E-state index in [2.05, 4.69) is 71.0 Å². The van der Waals surface area contributed by atoms with Gasteiger partial charge in [0, 0.05) is 17.5 Å². The lowest BCUT2D eigenvalue weighted by molar-refractivity contribution is -0.0242. The summed E-state index contributed by atoms with van der Waals surface area (Å²) in [5.74, 6) is 2.33. The molecule has 0 saturated carbocycles. The number of hydrogen-bond donors (Lipinski definition) is 1. The molecule has 198 valence electrons. The zero-order valence-corrected chi connectivity index (χ0v) is 23.3. The number of ether oxygens (including phenoxy) is 1. The van der Waals surface area contributed by atoms with Crippen molar-refractivity contribution in [2.45, 2.75) is 79.4 Å². The van der Waals surface area contributed by atoms with E-state index < -0.39 is 6.29 Å². The van der Waals surface area contributed by atoms with Crippen LogP contribution in [0, 0.1) is 27.7 Å². The number of rotatable bonds is 11. The highest BCUT2D eigenvalue weighted by Gasteiger charge is 2.18. The standard InChI is InChI=1S/C33H39N3O2/c1-6-7-8-9-10-15-30(37)38-29-14-12-11-13-28(29)33-35-31(26-18-16-22(2)20-24(26)4)34-32(36-33)27-19-17-23(3)21-25(27)5/h11-14,16-21,30,37H,6-10,15H2,1-5H3. The molecule has 3 aromatic carbocycles. The molecule has 0 saturated heterocycles. The molecule has 1 heterocycles. The lowest BCUT2D eigenvalue weighted by Gasteiger charge is -2.17. The van der Waals surface area contributed by atoms with Crippen LogP contribution >= 0.6 is 0 Å². The summed E-state index contributed by atoms with van der Waals surface area (Å²) < 4.78 is 6.03. The van der Waals surface area contributed by atoms with Gasteiger partial charge in [-0.25, -0.2) is 15.0 Å². The molecule has 0 aliphatic rings. The molecule has 5 nitrogen and oxygen atoms in total. The fraction of sp³-hybridized carbons (Fsp3) is 0.364. The third-order valence-electron chi connectivity index (χ3n) is 6.83. The van der Waals surface area contributed by atoms with E-state index in [0.29, 0.717) is 29.6 Å². The van der Waals surface area contributed by atoms with Gasteiger partial charge >= 0.3 is 0 Å². The van der Waals surface area contributed by atoms with E-state index >= 15 is 0 Å². The quantitative estimate of drug-likeness (QED) is 0.163. The predicted molar refractivity (Wildman–Crippen MR) is 155 cm³/mol. The zero-order valence-electron chi connectivity index (χ0n) is 23.3. The fourth-order valence-corrected chi connectivity index (χ4v) is 4.75. The maximum atomic E-state index is 10.6.